The number of esters is 1. The molecule has 1 atom stereocenters. The van der Waals surface area contributed by atoms with Gasteiger partial charge in [0, 0.05) is 10.9 Å². The number of benzene rings is 1. The molecule has 0 fully saturated rings. The third kappa shape index (κ3) is 2.88. The fourth-order valence-corrected chi connectivity index (χ4v) is 2.64. The van der Waals surface area contributed by atoms with Crippen molar-refractivity contribution in [3.63, 3.8) is 0 Å². The van der Waals surface area contributed by atoms with Crippen molar-refractivity contribution in [2.75, 3.05) is 14.2 Å². The lowest BCUT2D eigenvalue weighted by molar-refractivity contribution is 0.0600. The Morgan fingerprint density at radius 1 is 1.30 bits per heavy atom. The van der Waals surface area contributed by atoms with Crippen molar-refractivity contribution in [2.24, 2.45) is 5.92 Å². The Morgan fingerprint density at radius 3 is 2.60 bits per heavy atom. The Bertz CT molecular complexity index is 587. The zero-order chi connectivity index (χ0) is 14.7. The van der Waals surface area contributed by atoms with Crippen LogP contribution in [0.4, 0.5) is 0 Å². The molecule has 1 unspecified atom stereocenters. The summed E-state index contributed by atoms with van der Waals surface area (Å²) in [6.45, 7) is 2.11. The number of methoxy groups -OCH3 is 2. The van der Waals surface area contributed by atoms with Gasteiger partial charge in [-0.1, -0.05) is 30.7 Å². The number of ether oxygens (including phenoxy) is 2. The zero-order valence-electron chi connectivity index (χ0n) is 11.8. The lowest BCUT2D eigenvalue weighted by Gasteiger charge is -2.21. The Balaban J connectivity index is 2.33. The van der Waals surface area contributed by atoms with Gasteiger partial charge >= 0.3 is 5.97 Å². The van der Waals surface area contributed by atoms with Gasteiger partial charge in [0.1, 0.15) is 0 Å². The minimum absolute atomic E-state index is 0.316. The van der Waals surface area contributed by atoms with E-state index < -0.39 is 0 Å². The predicted octanol–water partition coefficient (Wildman–Crippen LogP) is 4.08. The largest absolute Gasteiger partial charge is 0.501 e. The molecule has 0 N–H and O–H groups in total. The van der Waals surface area contributed by atoms with E-state index in [1.807, 2.05) is 18.2 Å². The molecule has 2 rings (SSSR count). The maximum absolute atomic E-state index is 11.5. The van der Waals surface area contributed by atoms with Gasteiger partial charge in [0.15, 0.2) is 0 Å². The second-order valence-corrected chi connectivity index (χ2v) is 5.16. The molecule has 0 amide bonds. The normalized spacial score (nSPS) is 18.1. The highest BCUT2D eigenvalue weighted by molar-refractivity contribution is 6.32. The first kappa shape index (κ1) is 14.7. The lowest BCUT2D eigenvalue weighted by Crippen LogP contribution is -2.07. The molecule has 0 spiro atoms. The molecule has 1 aromatic rings. The van der Waals surface area contributed by atoms with E-state index in [-0.39, 0.29) is 5.97 Å². The van der Waals surface area contributed by atoms with Crippen molar-refractivity contribution in [2.45, 2.75) is 13.3 Å². The SMILES string of the molecule is COC(=O)c1ccc(C2=CC=C(OC)C(C)C2)c(Cl)c1. The van der Waals surface area contributed by atoms with Crippen LogP contribution in [0.2, 0.25) is 5.02 Å². The van der Waals surface area contributed by atoms with Crippen molar-refractivity contribution in [1.82, 2.24) is 0 Å². The molecule has 0 radical (unpaired) electrons. The van der Waals surface area contributed by atoms with Crippen LogP contribution in [0.15, 0.2) is 36.1 Å². The second-order valence-electron chi connectivity index (χ2n) is 4.76. The number of hydrogen-bond acceptors (Lipinski definition) is 3. The standard InChI is InChI=1S/C16H17ClO3/c1-10-8-11(5-7-15(10)19-2)13-6-4-12(9-14(13)17)16(18)20-3/h4-7,9-10H,8H2,1-3H3. The Labute approximate surface area is 123 Å². The van der Waals surface area contributed by atoms with Crippen LogP contribution < -0.4 is 0 Å². The van der Waals surface area contributed by atoms with Gasteiger partial charge in [-0.25, -0.2) is 4.79 Å². The Kier molecular flexibility index (Phi) is 4.50. The molecule has 0 saturated carbocycles. The van der Waals surface area contributed by atoms with Crippen LogP contribution in [0.1, 0.15) is 29.3 Å². The molecule has 0 aliphatic heterocycles. The monoisotopic (exact) mass is 292 g/mol. The number of hydrogen-bond donors (Lipinski definition) is 0. The maximum Gasteiger partial charge on any atom is 0.337 e. The summed E-state index contributed by atoms with van der Waals surface area (Å²) < 4.78 is 9.99. The van der Waals surface area contributed by atoms with Crippen LogP contribution in [-0.4, -0.2) is 20.2 Å². The van der Waals surface area contributed by atoms with Crippen LogP contribution in [0.3, 0.4) is 0 Å². The van der Waals surface area contributed by atoms with Gasteiger partial charge in [-0.05, 0) is 35.8 Å². The summed E-state index contributed by atoms with van der Waals surface area (Å²) in [4.78, 5) is 11.5. The van der Waals surface area contributed by atoms with Crippen molar-refractivity contribution < 1.29 is 14.3 Å². The summed E-state index contributed by atoms with van der Waals surface area (Å²) in [6, 6.07) is 5.23. The zero-order valence-corrected chi connectivity index (χ0v) is 12.5. The van der Waals surface area contributed by atoms with Crippen molar-refractivity contribution in [3.8, 4) is 0 Å². The molecular weight excluding hydrogens is 276 g/mol. The summed E-state index contributed by atoms with van der Waals surface area (Å²) in [5.41, 5.74) is 2.54. The average Bonchev–Trinajstić information content (AvgIpc) is 2.46. The fraction of sp³-hybridized carbons (Fsp3) is 0.312. The molecule has 20 heavy (non-hydrogen) atoms. The molecule has 0 bridgehead atoms. The summed E-state index contributed by atoms with van der Waals surface area (Å²) in [5, 5.41) is 0.556. The van der Waals surface area contributed by atoms with Crippen molar-refractivity contribution in [1.29, 1.82) is 0 Å². The van der Waals surface area contributed by atoms with Gasteiger partial charge in [0.05, 0.1) is 25.5 Å². The van der Waals surface area contributed by atoms with E-state index in [2.05, 4.69) is 11.7 Å². The topological polar surface area (TPSA) is 35.5 Å². The summed E-state index contributed by atoms with van der Waals surface area (Å²) in [6.07, 6.45) is 4.84. The smallest absolute Gasteiger partial charge is 0.337 e. The van der Waals surface area contributed by atoms with Crippen molar-refractivity contribution in [3.05, 3.63) is 52.3 Å². The van der Waals surface area contributed by atoms with Gasteiger partial charge < -0.3 is 9.47 Å². The number of carbonyl (C=O) groups is 1. The lowest BCUT2D eigenvalue weighted by atomic mass is 9.89. The van der Waals surface area contributed by atoms with Gasteiger partial charge in [0.25, 0.3) is 0 Å². The van der Waals surface area contributed by atoms with Crippen molar-refractivity contribution >= 4 is 23.1 Å². The van der Waals surface area contributed by atoms with Gasteiger partial charge in [0.2, 0.25) is 0 Å². The number of halogens is 1. The highest BCUT2D eigenvalue weighted by atomic mass is 35.5. The van der Waals surface area contributed by atoms with E-state index in [1.54, 1.807) is 19.2 Å². The van der Waals surface area contributed by atoms with Crippen LogP contribution >= 0.6 is 11.6 Å². The summed E-state index contributed by atoms with van der Waals surface area (Å²) in [7, 11) is 3.03. The van der Waals surface area contributed by atoms with Gasteiger partial charge in [-0.3, -0.25) is 0 Å². The highest BCUT2D eigenvalue weighted by Crippen LogP contribution is 2.35. The first-order valence-corrected chi connectivity index (χ1v) is 6.77. The quantitative estimate of drug-likeness (QED) is 0.788. The molecule has 1 aromatic carbocycles. The van der Waals surface area contributed by atoms with Crippen LogP contribution in [0, 0.1) is 5.92 Å². The van der Waals surface area contributed by atoms with Crippen LogP contribution in [0.25, 0.3) is 5.57 Å². The third-order valence-corrected chi connectivity index (χ3v) is 3.75. The second kappa shape index (κ2) is 6.14. The number of rotatable bonds is 3. The molecule has 0 saturated heterocycles. The van der Waals surface area contributed by atoms with Crippen LogP contribution in [-0.2, 0) is 9.47 Å². The van der Waals surface area contributed by atoms with E-state index in [0.29, 0.717) is 16.5 Å². The number of carbonyl (C=O) groups excluding carboxylic acids is 1. The fourth-order valence-electron chi connectivity index (χ4n) is 2.33. The van der Waals surface area contributed by atoms with E-state index in [4.69, 9.17) is 16.3 Å². The average molecular weight is 293 g/mol. The van der Waals surface area contributed by atoms with E-state index in [0.717, 1.165) is 23.3 Å². The summed E-state index contributed by atoms with van der Waals surface area (Å²) >= 11 is 6.28. The van der Waals surface area contributed by atoms with Gasteiger partial charge in [-0.15, -0.1) is 0 Å². The molecule has 0 aromatic heterocycles. The Morgan fingerprint density at radius 2 is 2.05 bits per heavy atom. The number of allylic oxidation sites excluding steroid dienone is 4. The molecular formula is C16H17ClO3. The van der Waals surface area contributed by atoms with E-state index in [1.165, 1.54) is 7.11 Å². The minimum Gasteiger partial charge on any atom is -0.501 e. The molecule has 3 nitrogen and oxygen atoms in total. The Hall–Kier alpha value is -1.74. The van der Waals surface area contributed by atoms with Gasteiger partial charge in [-0.2, -0.15) is 0 Å². The summed E-state index contributed by atoms with van der Waals surface area (Å²) in [5.74, 6) is 0.901. The van der Waals surface area contributed by atoms with E-state index >= 15 is 0 Å². The third-order valence-electron chi connectivity index (χ3n) is 3.43. The first-order chi connectivity index (χ1) is 9.56. The molecule has 1 aliphatic carbocycles. The first-order valence-electron chi connectivity index (χ1n) is 6.39. The van der Waals surface area contributed by atoms with Crippen LogP contribution in [0.5, 0.6) is 0 Å². The molecule has 1 aliphatic rings. The maximum atomic E-state index is 11.5. The predicted molar refractivity (Wildman–Crippen MR) is 79.6 cm³/mol. The molecule has 4 heteroatoms. The molecule has 0 heterocycles. The molecule has 106 valence electrons. The minimum atomic E-state index is -0.383. The van der Waals surface area contributed by atoms with E-state index in [9.17, 15) is 4.79 Å². The highest BCUT2D eigenvalue weighted by Gasteiger charge is 2.19.